The topological polar surface area (TPSA) is 64.6 Å². The first-order valence-electron chi connectivity index (χ1n) is 9.58. The molecule has 0 saturated heterocycles. The lowest BCUT2D eigenvalue weighted by Gasteiger charge is -2.29. The van der Waals surface area contributed by atoms with E-state index in [1.807, 2.05) is 81.4 Å². The van der Waals surface area contributed by atoms with Crippen molar-refractivity contribution in [3.05, 3.63) is 83.9 Å². The van der Waals surface area contributed by atoms with Gasteiger partial charge in [0.1, 0.15) is 12.6 Å². The second-order valence-corrected chi connectivity index (χ2v) is 7.96. The summed E-state index contributed by atoms with van der Waals surface area (Å²) in [6.07, 6.45) is -0.564. The Morgan fingerprint density at radius 2 is 1.45 bits per heavy atom. The second-order valence-electron chi connectivity index (χ2n) is 7.96. The van der Waals surface area contributed by atoms with E-state index < -0.39 is 24.1 Å². The maximum absolute atomic E-state index is 13.1. The van der Waals surface area contributed by atoms with Crippen molar-refractivity contribution in [2.24, 2.45) is 0 Å². The molecule has 2 rings (SSSR count). The Bertz CT molecular complexity index is 785. The zero-order valence-electron chi connectivity index (χ0n) is 17.5. The summed E-state index contributed by atoms with van der Waals surface area (Å²) in [6.45, 7) is 10.8. The molecule has 0 spiro atoms. The van der Waals surface area contributed by atoms with Gasteiger partial charge in [-0.1, -0.05) is 67.2 Å². The lowest BCUT2D eigenvalue weighted by atomic mass is 10.0. The van der Waals surface area contributed by atoms with Crippen LogP contribution < -0.4 is 5.32 Å². The summed E-state index contributed by atoms with van der Waals surface area (Å²) in [6, 6.07) is 18.3. The Morgan fingerprint density at radius 1 is 0.966 bits per heavy atom. The first kappa shape index (κ1) is 22.4. The number of benzene rings is 2. The van der Waals surface area contributed by atoms with Gasteiger partial charge in [0, 0.05) is 11.1 Å². The minimum absolute atomic E-state index is 0.141. The fourth-order valence-electron chi connectivity index (χ4n) is 2.76. The highest BCUT2D eigenvalue weighted by molar-refractivity contribution is 5.87. The van der Waals surface area contributed by atoms with E-state index in [2.05, 4.69) is 11.9 Å². The lowest BCUT2D eigenvalue weighted by molar-refractivity contribution is -0.154. The number of rotatable bonds is 8. The first-order valence-corrected chi connectivity index (χ1v) is 9.58. The van der Waals surface area contributed by atoms with Gasteiger partial charge in [0.05, 0.1) is 0 Å². The SMILES string of the molecule is C=C(C)C(=O)OC[C@H](NC(C)(C)C)C(=O)OC(c1ccccc1)c1ccccc1. The van der Waals surface area contributed by atoms with Crippen LogP contribution in [0.5, 0.6) is 0 Å². The van der Waals surface area contributed by atoms with E-state index in [4.69, 9.17) is 9.47 Å². The van der Waals surface area contributed by atoms with Crippen LogP contribution in [0.15, 0.2) is 72.8 Å². The van der Waals surface area contributed by atoms with Crippen molar-refractivity contribution in [2.75, 3.05) is 6.61 Å². The third-order valence-electron chi connectivity index (χ3n) is 4.06. The zero-order chi connectivity index (χ0) is 21.4. The van der Waals surface area contributed by atoms with Crippen LogP contribution in [-0.2, 0) is 19.1 Å². The molecular weight excluding hydrogens is 366 g/mol. The maximum atomic E-state index is 13.1. The van der Waals surface area contributed by atoms with Crippen molar-refractivity contribution in [1.29, 1.82) is 0 Å². The molecule has 0 radical (unpaired) electrons. The van der Waals surface area contributed by atoms with Gasteiger partial charge in [-0.15, -0.1) is 0 Å². The van der Waals surface area contributed by atoms with E-state index in [-0.39, 0.29) is 17.7 Å². The number of carbonyl (C=O) groups is 2. The number of ether oxygens (including phenoxy) is 2. The highest BCUT2D eigenvalue weighted by Gasteiger charge is 2.30. The van der Waals surface area contributed by atoms with E-state index in [0.717, 1.165) is 11.1 Å². The minimum Gasteiger partial charge on any atom is -0.460 e. The first-order chi connectivity index (χ1) is 13.7. The van der Waals surface area contributed by atoms with Gasteiger partial charge in [-0.25, -0.2) is 4.79 Å². The fraction of sp³-hybridized carbons (Fsp3) is 0.333. The van der Waals surface area contributed by atoms with E-state index in [1.165, 1.54) is 0 Å². The Labute approximate surface area is 172 Å². The molecule has 0 unspecified atom stereocenters. The lowest BCUT2D eigenvalue weighted by Crippen LogP contribution is -2.51. The Hall–Kier alpha value is -2.92. The Kier molecular flexibility index (Phi) is 7.74. The van der Waals surface area contributed by atoms with Crippen molar-refractivity contribution in [1.82, 2.24) is 5.32 Å². The van der Waals surface area contributed by atoms with Crippen molar-refractivity contribution in [3.63, 3.8) is 0 Å². The summed E-state index contributed by atoms with van der Waals surface area (Å²) < 4.78 is 11.1. The van der Waals surface area contributed by atoms with Crippen LogP contribution in [0.1, 0.15) is 44.9 Å². The largest absolute Gasteiger partial charge is 0.460 e. The van der Waals surface area contributed by atoms with Crippen LogP contribution >= 0.6 is 0 Å². The number of esters is 2. The molecule has 0 aliphatic carbocycles. The summed E-state index contributed by atoms with van der Waals surface area (Å²) in [5, 5.41) is 3.18. The molecule has 0 saturated carbocycles. The van der Waals surface area contributed by atoms with Crippen LogP contribution in [-0.4, -0.2) is 30.1 Å². The third kappa shape index (κ3) is 7.20. The van der Waals surface area contributed by atoms with Gasteiger partial charge in [-0.05, 0) is 38.8 Å². The monoisotopic (exact) mass is 395 g/mol. The molecule has 2 aromatic rings. The van der Waals surface area contributed by atoms with E-state index in [0.29, 0.717) is 0 Å². The van der Waals surface area contributed by atoms with Gasteiger partial charge >= 0.3 is 11.9 Å². The summed E-state index contributed by atoms with van der Waals surface area (Å²) in [5.41, 5.74) is 1.62. The van der Waals surface area contributed by atoms with E-state index in [9.17, 15) is 9.59 Å². The molecule has 0 bridgehead atoms. The normalized spacial score (nSPS) is 12.3. The van der Waals surface area contributed by atoms with Crippen molar-refractivity contribution in [3.8, 4) is 0 Å². The van der Waals surface area contributed by atoms with Crippen LogP contribution in [0.4, 0.5) is 0 Å². The smallest absolute Gasteiger partial charge is 0.333 e. The Morgan fingerprint density at radius 3 is 1.86 bits per heavy atom. The summed E-state index contributed by atoms with van der Waals surface area (Å²) in [7, 11) is 0. The fourth-order valence-corrected chi connectivity index (χ4v) is 2.76. The van der Waals surface area contributed by atoms with Crippen molar-refractivity contribution >= 4 is 11.9 Å². The maximum Gasteiger partial charge on any atom is 0.333 e. The van der Waals surface area contributed by atoms with Gasteiger partial charge in [0.15, 0.2) is 6.10 Å². The molecule has 5 heteroatoms. The standard InChI is InChI=1S/C24H29NO4/c1-17(2)22(26)28-16-20(25-24(3,4)5)23(27)29-21(18-12-8-6-9-13-18)19-14-10-7-11-15-19/h6-15,20-21,25H,1,16H2,2-5H3/t20-/m0/s1. The third-order valence-corrected chi connectivity index (χ3v) is 4.06. The summed E-state index contributed by atoms with van der Waals surface area (Å²) in [5.74, 6) is -1.03. The number of carbonyl (C=O) groups excluding carboxylic acids is 2. The van der Waals surface area contributed by atoms with Gasteiger partial charge < -0.3 is 9.47 Å². The number of hydrogen-bond donors (Lipinski definition) is 1. The van der Waals surface area contributed by atoms with Gasteiger partial charge in [0.2, 0.25) is 0 Å². The summed E-state index contributed by atoms with van der Waals surface area (Å²) in [4.78, 5) is 24.9. The van der Waals surface area contributed by atoms with Gasteiger partial charge in [-0.3, -0.25) is 10.1 Å². The minimum atomic E-state index is -0.812. The Balaban J connectivity index is 2.24. The predicted octanol–water partition coefficient (Wildman–Crippen LogP) is 4.20. The molecule has 1 N–H and O–H groups in total. The van der Waals surface area contributed by atoms with Crippen LogP contribution in [0.25, 0.3) is 0 Å². The average molecular weight is 395 g/mol. The van der Waals surface area contributed by atoms with Gasteiger partial charge in [0.25, 0.3) is 0 Å². The average Bonchev–Trinajstić information content (AvgIpc) is 2.69. The molecular formula is C24H29NO4. The highest BCUT2D eigenvalue weighted by Crippen LogP contribution is 2.26. The molecule has 0 amide bonds. The van der Waals surface area contributed by atoms with Gasteiger partial charge in [-0.2, -0.15) is 0 Å². The van der Waals surface area contributed by atoms with Crippen LogP contribution in [0.2, 0.25) is 0 Å². The quantitative estimate of drug-likeness (QED) is 0.536. The van der Waals surface area contributed by atoms with Crippen LogP contribution in [0.3, 0.4) is 0 Å². The highest BCUT2D eigenvalue weighted by atomic mass is 16.6. The van der Waals surface area contributed by atoms with E-state index in [1.54, 1.807) is 6.92 Å². The molecule has 5 nitrogen and oxygen atoms in total. The molecule has 0 fully saturated rings. The molecule has 29 heavy (non-hydrogen) atoms. The second kappa shape index (κ2) is 10.0. The zero-order valence-corrected chi connectivity index (χ0v) is 17.5. The van der Waals surface area contributed by atoms with Crippen LogP contribution in [0, 0.1) is 0 Å². The van der Waals surface area contributed by atoms with Crippen molar-refractivity contribution < 1.29 is 19.1 Å². The molecule has 0 heterocycles. The van der Waals surface area contributed by atoms with Crippen molar-refractivity contribution in [2.45, 2.75) is 45.4 Å². The molecule has 0 aromatic heterocycles. The molecule has 2 aromatic carbocycles. The summed E-state index contributed by atoms with van der Waals surface area (Å²) >= 11 is 0. The number of hydrogen-bond acceptors (Lipinski definition) is 5. The molecule has 0 aliphatic rings. The predicted molar refractivity (Wildman–Crippen MR) is 113 cm³/mol. The molecule has 1 atom stereocenters. The number of nitrogens with one attached hydrogen (secondary N) is 1. The molecule has 154 valence electrons. The molecule has 0 aliphatic heterocycles. The van der Waals surface area contributed by atoms with E-state index >= 15 is 0 Å².